The predicted octanol–water partition coefficient (Wildman–Crippen LogP) is 4.16. The molecular formula is C31H34N4O4. The van der Waals surface area contributed by atoms with Crippen LogP contribution in [0.2, 0.25) is 0 Å². The third-order valence-electron chi connectivity index (χ3n) is 7.43. The van der Waals surface area contributed by atoms with E-state index in [1.165, 1.54) is 0 Å². The van der Waals surface area contributed by atoms with E-state index in [9.17, 15) is 4.79 Å². The lowest BCUT2D eigenvalue weighted by atomic mass is 10.0. The minimum Gasteiger partial charge on any atom is -0.492 e. The Balaban J connectivity index is 1.02. The summed E-state index contributed by atoms with van der Waals surface area (Å²) in [4.78, 5) is 22.3. The number of fused-ring (bicyclic) bond motifs is 1. The first-order valence-electron chi connectivity index (χ1n) is 13.7. The molecule has 3 aromatic rings. The standard InChI is InChI=1S/C31H34N4O4/c36-31(32-26-5-7-27(8-6-26)35-14-18-38-19-15-35)24-3-1-23(2-4-24)30-22-25-21-28(9-10-29(25)33-30)39-20-13-34-11-16-37-17-12-34/h1-10,21H,11-20,22H2,(H,32,36). The van der Waals surface area contributed by atoms with Gasteiger partial charge in [0.2, 0.25) is 0 Å². The van der Waals surface area contributed by atoms with Gasteiger partial charge in [0.25, 0.3) is 5.91 Å². The van der Waals surface area contributed by atoms with Gasteiger partial charge in [0, 0.05) is 56.1 Å². The Hall–Kier alpha value is -3.72. The quantitative estimate of drug-likeness (QED) is 0.475. The van der Waals surface area contributed by atoms with Crippen molar-refractivity contribution in [3.8, 4) is 5.75 Å². The molecular weight excluding hydrogens is 492 g/mol. The molecule has 0 bridgehead atoms. The van der Waals surface area contributed by atoms with Crippen molar-refractivity contribution in [2.45, 2.75) is 6.42 Å². The molecule has 1 amide bonds. The maximum atomic E-state index is 12.8. The molecule has 0 spiro atoms. The highest BCUT2D eigenvalue weighted by molar-refractivity contribution is 6.08. The molecule has 8 heteroatoms. The number of carbonyl (C=O) groups excluding carboxylic acids is 1. The number of anilines is 2. The van der Waals surface area contributed by atoms with Crippen LogP contribution >= 0.6 is 0 Å². The van der Waals surface area contributed by atoms with Crippen LogP contribution in [-0.2, 0) is 15.9 Å². The van der Waals surface area contributed by atoms with Crippen molar-refractivity contribution in [1.82, 2.24) is 4.90 Å². The molecule has 0 radical (unpaired) electrons. The van der Waals surface area contributed by atoms with E-state index in [0.29, 0.717) is 12.2 Å². The van der Waals surface area contributed by atoms with Gasteiger partial charge in [-0.2, -0.15) is 0 Å². The Labute approximate surface area is 229 Å². The van der Waals surface area contributed by atoms with Gasteiger partial charge >= 0.3 is 0 Å². The van der Waals surface area contributed by atoms with E-state index in [-0.39, 0.29) is 5.91 Å². The number of nitrogens with zero attached hydrogens (tertiary/aromatic N) is 3. The summed E-state index contributed by atoms with van der Waals surface area (Å²) < 4.78 is 16.8. The summed E-state index contributed by atoms with van der Waals surface area (Å²) in [7, 11) is 0. The topological polar surface area (TPSA) is 75.6 Å². The van der Waals surface area contributed by atoms with E-state index < -0.39 is 0 Å². The van der Waals surface area contributed by atoms with Crippen molar-refractivity contribution in [2.24, 2.45) is 4.99 Å². The van der Waals surface area contributed by atoms with Gasteiger partial charge in [-0.15, -0.1) is 0 Å². The second-order valence-corrected chi connectivity index (χ2v) is 10.0. The van der Waals surface area contributed by atoms with Gasteiger partial charge in [-0.25, -0.2) is 0 Å². The molecule has 3 aliphatic heterocycles. The van der Waals surface area contributed by atoms with Gasteiger partial charge < -0.3 is 24.4 Å². The zero-order chi connectivity index (χ0) is 26.4. The lowest BCUT2D eigenvalue weighted by Crippen LogP contribution is -2.38. The molecule has 2 saturated heterocycles. The molecule has 202 valence electrons. The van der Waals surface area contributed by atoms with Crippen LogP contribution in [0.1, 0.15) is 21.5 Å². The van der Waals surface area contributed by atoms with Gasteiger partial charge in [-0.3, -0.25) is 14.7 Å². The third kappa shape index (κ3) is 6.30. The van der Waals surface area contributed by atoms with Crippen LogP contribution in [-0.4, -0.2) is 82.3 Å². The van der Waals surface area contributed by atoms with Crippen molar-refractivity contribution in [3.63, 3.8) is 0 Å². The van der Waals surface area contributed by atoms with Crippen molar-refractivity contribution in [2.75, 3.05) is 76.0 Å². The van der Waals surface area contributed by atoms with Crippen LogP contribution in [0.5, 0.6) is 5.75 Å². The lowest BCUT2D eigenvalue weighted by Gasteiger charge is -2.28. The van der Waals surface area contributed by atoms with E-state index in [2.05, 4.69) is 21.2 Å². The Morgan fingerprint density at radius 1 is 0.872 bits per heavy atom. The largest absolute Gasteiger partial charge is 0.492 e. The monoisotopic (exact) mass is 526 g/mol. The summed E-state index contributed by atoms with van der Waals surface area (Å²) in [5.74, 6) is 0.750. The number of nitrogens with one attached hydrogen (secondary N) is 1. The number of morpholine rings is 2. The minimum absolute atomic E-state index is 0.129. The number of amides is 1. The summed E-state index contributed by atoms with van der Waals surface area (Å²) in [5, 5.41) is 3.00. The highest BCUT2D eigenvalue weighted by atomic mass is 16.5. The summed E-state index contributed by atoms with van der Waals surface area (Å²) in [6.45, 7) is 8.37. The van der Waals surface area contributed by atoms with E-state index in [4.69, 9.17) is 19.2 Å². The van der Waals surface area contributed by atoms with E-state index in [1.54, 1.807) is 0 Å². The van der Waals surface area contributed by atoms with Crippen LogP contribution in [0.4, 0.5) is 17.1 Å². The number of benzene rings is 3. The van der Waals surface area contributed by atoms with E-state index in [0.717, 1.165) is 105 Å². The number of hydrogen-bond acceptors (Lipinski definition) is 7. The van der Waals surface area contributed by atoms with Gasteiger partial charge in [0.05, 0.1) is 37.8 Å². The van der Waals surface area contributed by atoms with Crippen LogP contribution in [0.15, 0.2) is 71.7 Å². The molecule has 6 rings (SSSR count). The molecule has 3 heterocycles. The minimum atomic E-state index is -0.129. The lowest BCUT2D eigenvalue weighted by molar-refractivity contribution is 0.0322. The SMILES string of the molecule is O=C(Nc1ccc(N2CCOCC2)cc1)c1ccc(C2=Nc3ccc(OCCN4CCOCC4)cc3C2)cc1. The smallest absolute Gasteiger partial charge is 0.255 e. The van der Waals surface area contributed by atoms with Crippen LogP contribution < -0.4 is 15.0 Å². The highest BCUT2D eigenvalue weighted by Crippen LogP contribution is 2.32. The second kappa shape index (κ2) is 12.0. The average molecular weight is 527 g/mol. The van der Waals surface area contributed by atoms with Gasteiger partial charge in [-0.05, 0) is 65.7 Å². The third-order valence-corrected chi connectivity index (χ3v) is 7.43. The number of ether oxygens (including phenoxy) is 3. The molecule has 1 N–H and O–H groups in total. The first-order chi connectivity index (χ1) is 19.2. The Bertz CT molecular complexity index is 1310. The van der Waals surface area contributed by atoms with Crippen molar-refractivity contribution in [3.05, 3.63) is 83.4 Å². The average Bonchev–Trinajstić information content (AvgIpc) is 3.42. The fourth-order valence-electron chi connectivity index (χ4n) is 5.15. The van der Waals surface area contributed by atoms with Gasteiger partial charge in [0.1, 0.15) is 12.4 Å². The first kappa shape index (κ1) is 25.6. The Morgan fingerprint density at radius 3 is 2.33 bits per heavy atom. The number of carbonyl (C=O) groups is 1. The summed E-state index contributed by atoms with van der Waals surface area (Å²) in [6, 6.07) is 21.8. The fourth-order valence-corrected chi connectivity index (χ4v) is 5.15. The van der Waals surface area contributed by atoms with Crippen molar-refractivity contribution < 1.29 is 19.0 Å². The van der Waals surface area contributed by atoms with Gasteiger partial charge in [0.15, 0.2) is 0 Å². The van der Waals surface area contributed by atoms with E-state index in [1.807, 2.05) is 60.7 Å². The molecule has 0 atom stereocenters. The normalized spacial score (nSPS) is 17.4. The molecule has 0 unspecified atom stereocenters. The summed E-state index contributed by atoms with van der Waals surface area (Å²) in [5.41, 5.74) is 6.70. The van der Waals surface area contributed by atoms with Crippen LogP contribution in [0, 0.1) is 0 Å². The summed E-state index contributed by atoms with van der Waals surface area (Å²) in [6.07, 6.45) is 0.747. The number of aliphatic imine (C=N–C) groups is 1. The molecule has 0 aliphatic carbocycles. The molecule has 0 saturated carbocycles. The molecule has 3 aliphatic rings. The Kier molecular flexibility index (Phi) is 7.85. The fraction of sp³-hybridized carbons (Fsp3) is 0.355. The maximum absolute atomic E-state index is 12.8. The highest BCUT2D eigenvalue weighted by Gasteiger charge is 2.18. The van der Waals surface area contributed by atoms with Gasteiger partial charge in [-0.1, -0.05) is 12.1 Å². The number of hydrogen-bond donors (Lipinski definition) is 1. The van der Waals surface area contributed by atoms with Crippen LogP contribution in [0.3, 0.4) is 0 Å². The Morgan fingerprint density at radius 2 is 1.59 bits per heavy atom. The predicted molar refractivity (Wildman–Crippen MR) is 153 cm³/mol. The first-order valence-corrected chi connectivity index (χ1v) is 13.7. The van der Waals surface area contributed by atoms with E-state index >= 15 is 0 Å². The van der Waals surface area contributed by atoms with Crippen molar-refractivity contribution in [1.29, 1.82) is 0 Å². The molecule has 2 fully saturated rings. The zero-order valence-corrected chi connectivity index (χ0v) is 22.1. The molecule has 8 nitrogen and oxygen atoms in total. The second-order valence-electron chi connectivity index (χ2n) is 10.0. The molecule has 3 aromatic carbocycles. The summed E-state index contributed by atoms with van der Waals surface area (Å²) >= 11 is 0. The van der Waals surface area contributed by atoms with Crippen molar-refractivity contribution >= 4 is 28.7 Å². The molecule has 39 heavy (non-hydrogen) atoms. The zero-order valence-electron chi connectivity index (χ0n) is 22.1. The van der Waals surface area contributed by atoms with Crippen LogP contribution in [0.25, 0.3) is 0 Å². The maximum Gasteiger partial charge on any atom is 0.255 e. The number of rotatable bonds is 8. The molecule has 0 aromatic heterocycles.